The summed E-state index contributed by atoms with van der Waals surface area (Å²) in [7, 11) is 0. The SMILES string of the molecule is CCCCCCCC(C)OC1O[C@H](CO)[C@@H](O)[C@H](O)[C@H]1O. The predicted octanol–water partition coefficient (Wildman–Crippen LogP) is 0.552. The fourth-order valence-corrected chi connectivity index (χ4v) is 2.51. The van der Waals surface area contributed by atoms with Gasteiger partial charge in [0, 0.05) is 0 Å². The average Bonchev–Trinajstić information content (AvgIpc) is 2.47. The zero-order chi connectivity index (χ0) is 15.8. The molecule has 1 aliphatic rings. The topological polar surface area (TPSA) is 99.4 Å². The third-order valence-electron chi connectivity index (χ3n) is 3.93. The van der Waals surface area contributed by atoms with Crippen molar-refractivity contribution in [1.82, 2.24) is 0 Å². The number of hydrogen-bond donors (Lipinski definition) is 4. The summed E-state index contributed by atoms with van der Waals surface area (Å²) in [5, 5.41) is 38.3. The van der Waals surface area contributed by atoms with Crippen LogP contribution in [0.5, 0.6) is 0 Å². The van der Waals surface area contributed by atoms with E-state index in [1.165, 1.54) is 19.3 Å². The lowest BCUT2D eigenvalue weighted by Crippen LogP contribution is -2.59. The minimum Gasteiger partial charge on any atom is -0.394 e. The summed E-state index contributed by atoms with van der Waals surface area (Å²) in [5.41, 5.74) is 0. The van der Waals surface area contributed by atoms with Gasteiger partial charge in [0.1, 0.15) is 24.4 Å². The van der Waals surface area contributed by atoms with Gasteiger partial charge in [-0.3, -0.25) is 0 Å². The Bertz CT molecular complexity index is 273. The minimum absolute atomic E-state index is 0.118. The van der Waals surface area contributed by atoms with Gasteiger partial charge in [-0.25, -0.2) is 0 Å². The van der Waals surface area contributed by atoms with Crippen LogP contribution in [0.15, 0.2) is 0 Å². The fraction of sp³-hybridized carbons (Fsp3) is 1.00. The monoisotopic (exact) mass is 306 g/mol. The van der Waals surface area contributed by atoms with Gasteiger partial charge in [0.25, 0.3) is 0 Å². The molecule has 21 heavy (non-hydrogen) atoms. The summed E-state index contributed by atoms with van der Waals surface area (Å²) in [6, 6.07) is 0. The zero-order valence-corrected chi connectivity index (χ0v) is 13.0. The van der Waals surface area contributed by atoms with E-state index in [2.05, 4.69) is 6.92 Å². The summed E-state index contributed by atoms with van der Waals surface area (Å²) >= 11 is 0. The van der Waals surface area contributed by atoms with Crippen molar-refractivity contribution in [1.29, 1.82) is 0 Å². The lowest BCUT2D eigenvalue weighted by molar-refractivity contribution is -0.310. The molecule has 2 unspecified atom stereocenters. The van der Waals surface area contributed by atoms with Crippen LogP contribution in [-0.2, 0) is 9.47 Å². The average molecular weight is 306 g/mol. The van der Waals surface area contributed by atoms with Crippen molar-refractivity contribution >= 4 is 0 Å². The molecular weight excluding hydrogens is 276 g/mol. The predicted molar refractivity (Wildman–Crippen MR) is 77.7 cm³/mol. The number of hydrogen-bond acceptors (Lipinski definition) is 6. The standard InChI is InChI=1S/C15H30O6/c1-3-4-5-6-7-8-10(2)20-15-14(19)13(18)12(17)11(9-16)21-15/h10-19H,3-9H2,1-2H3/t10?,11-,12-,13+,14-,15?/m1/s1. The van der Waals surface area contributed by atoms with Crippen molar-refractivity contribution in [3.63, 3.8) is 0 Å². The van der Waals surface area contributed by atoms with Gasteiger partial charge in [-0.2, -0.15) is 0 Å². The zero-order valence-electron chi connectivity index (χ0n) is 13.0. The highest BCUT2D eigenvalue weighted by atomic mass is 16.7. The van der Waals surface area contributed by atoms with Gasteiger partial charge < -0.3 is 29.9 Å². The van der Waals surface area contributed by atoms with Crippen LogP contribution in [0.2, 0.25) is 0 Å². The molecular formula is C15H30O6. The van der Waals surface area contributed by atoms with Crippen LogP contribution >= 0.6 is 0 Å². The van der Waals surface area contributed by atoms with E-state index < -0.39 is 37.3 Å². The Labute approximate surface area is 126 Å². The van der Waals surface area contributed by atoms with Crippen LogP contribution in [0.1, 0.15) is 52.4 Å². The lowest BCUT2D eigenvalue weighted by Gasteiger charge is -2.40. The Kier molecular flexibility index (Phi) is 8.70. The molecule has 0 bridgehead atoms. The van der Waals surface area contributed by atoms with E-state index in [1.807, 2.05) is 6.92 Å². The second-order valence-corrected chi connectivity index (χ2v) is 5.85. The third-order valence-corrected chi connectivity index (χ3v) is 3.93. The molecule has 0 radical (unpaired) electrons. The van der Waals surface area contributed by atoms with Gasteiger partial charge >= 0.3 is 0 Å². The maximum atomic E-state index is 9.87. The summed E-state index contributed by atoms with van der Waals surface area (Å²) in [5.74, 6) is 0. The molecule has 6 nitrogen and oxygen atoms in total. The molecule has 0 aliphatic carbocycles. The molecule has 1 heterocycles. The second-order valence-electron chi connectivity index (χ2n) is 5.85. The molecule has 1 fully saturated rings. The molecule has 4 N–H and O–H groups in total. The van der Waals surface area contributed by atoms with Gasteiger partial charge in [-0.1, -0.05) is 39.0 Å². The van der Waals surface area contributed by atoms with E-state index in [-0.39, 0.29) is 6.10 Å². The van der Waals surface area contributed by atoms with Gasteiger partial charge in [0.05, 0.1) is 12.7 Å². The number of ether oxygens (including phenoxy) is 2. The lowest BCUT2D eigenvalue weighted by atomic mass is 9.99. The Morgan fingerprint density at radius 3 is 2.29 bits per heavy atom. The van der Waals surface area contributed by atoms with Gasteiger partial charge in [-0.15, -0.1) is 0 Å². The van der Waals surface area contributed by atoms with Crippen molar-refractivity contribution in [2.45, 2.75) is 89.2 Å². The van der Waals surface area contributed by atoms with E-state index in [0.29, 0.717) is 0 Å². The van der Waals surface area contributed by atoms with Crippen LogP contribution in [0.3, 0.4) is 0 Å². The molecule has 0 saturated carbocycles. The van der Waals surface area contributed by atoms with Crippen molar-refractivity contribution in [2.24, 2.45) is 0 Å². The van der Waals surface area contributed by atoms with Crippen LogP contribution in [0.25, 0.3) is 0 Å². The molecule has 126 valence electrons. The molecule has 0 aromatic rings. The van der Waals surface area contributed by atoms with Crippen LogP contribution in [-0.4, -0.2) is 63.8 Å². The normalized spacial score (nSPS) is 34.9. The van der Waals surface area contributed by atoms with Gasteiger partial charge in [0.2, 0.25) is 0 Å². The first-order valence-corrected chi connectivity index (χ1v) is 7.97. The first-order valence-electron chi connectivity index (χ1n) is 7.97. The largest absolute Gasteiger partial charge is 0.394 e. The Morgan fingerprint density at radius 1 is 1.00 bits per heavy atom. The van der Waals surface area contributed by atoms with Crippen LogP contribution in [0.4, 0.5) is 0 Å². The molecule has 6 heteroatoms. The Balaban J connectivity index is 2.34. The quantitative estimate of drug-likeness (QED) is 0.464. The van der Waals surface area contributed by atoms with E-state index >= 15 is 0 Å². The third kappa shape index (κ3) is 5.81. The Hall–Kier alpha value is -0.240. The first-order chi connectivity index (χ1) is 10.0. The maximum Gasteiger partial charge on any atom is 0.186 e. The molecule has 0 aromatic heterocycles. The number of rotatable bonds is 9. The molecule has 6 atom stereocenters. The van der Waals surface area contributed by atoms with Crippen molar-refractivity contribution in [2.75, 3.05) is 6.61 Å². The summed E-state index contributed by atoms with van der Waals surface area (Å²) in [4.78, 5) is 0. The molecule has 0 amide bonds. The van der Waals surface area contributed by atoms with E-state index in [1.54, 1.807) is 0 Å². The molecule has 1 rings (SSSR count). The Morgan fingerprint density at radius 2 is 1.67 bits per heavy atom. The summed E-state index contributed by atoms with van der Waals surface area (Å²) in [6.45, 7) is 3.63. The van der Waals surface area contributed by atoms with E-state index in [9.17, 15) is 15.3 Å². The van der Waals surface area contributed by atoms with Crippen molar-refractivity contribution in [3.8, 4) is 0 Å². The maximum absolute atomic E-state index is 9.87. The first kappa shape index (κ1) is 18.8. The molecule has 1 saturated heterocycles. The van der Waals surface area contributed by atoms with Gasteiger partial charge in [-0.05, 0) is 13.3 Å². The van der Waals surface area contributed by atoms with Crippen molar-refractivity contribution < 1.29 is 29.9 Å². The number of aliphatic hydroxyl groups is 4. The van der Waals surface area contributed by atoms with Crippen LogP contribution < -0.4 is 0 Å². The second kappa shape index (κ2) is 9.71. The van der Waals surface area contributed by atoms with E-state index in [0.717, 1.165) is 19.3 Å². The smallest absolute Gasteiger partial charge is 0.186 e. The molecule has 0 aromatic carbocycles. The highest BCUT2D eigenvalue weighted by molar-refractivity contribution is 4.89. The fourth-order valence-electron chi connectivity index (χ4n) is 2.51. The minimum atomic E-state index is -1.38. The van der Waals surface area contributed by atoms with Crippen LogP contribution in [0, 0.1) is 0 Å². The highest BCUT2D eigenvalue weighted by Crippen LogP contribution is 2.23. The molecule has 1 aliphatic heterocycles. The van der Waals surface area contributed by atoms with E-state index in [4.69, 9.17) is 14.6 Å². The number of unbranched alkanes of at least 4 members (excludes halogenated alkanes) is 4. The summed E-state index contributed by atoms with van der Waals surface area (Å²) < 4.78 is 10.9. The van der Waals surface area contributed by atoms with Gasteiger partial charge in [0.15, 0.2) is 6.29 Å². The van der Waals surface area contributed by atoms with Crippen molar-refractivity contribution in [3.05, 3.63) is 0 Å². The molecule has 0 spiro atoms. The summed E-state index contributed by atoms with van der Waals surface area (Å²) in [6.07, 6.45) is 0.608. The highest BCUT2D eigenvalue weighted by Gasteiger charge is 2.44. The number of aliphatic hydroxyl groups excluding tert-OH is 4.